The molecule has 0 aromatic carbocycles. The van der Waals surface area contributed by atoms with Crippen LogP contribution in [0.3, 0.4) is 0 Å². The maximum atomic E-state index is 12.6. The zero-order valence-corrected chi connectivity index (χ0v) is 14.0. The predicted octanol–water partition coefficient (Wildman–Crippen LogP) is 2.65. The molecule has 4 heteroatoms. The minimum Gasteiger partial charge on any atom is -0.396 e. The van der Waals surface area contributed by atoms with Crippen LogP contribution in [0.2, 0.25) is 0 Å². The Bertz CT molecular complexity index is 276. The first kappa shape index (κ1) is 18.4. The van der Waals surface area contributed by atoms with Gasteiger partial charge in [0.25, 0.3) is 0 Å². The van der Waals surface area contributed by atoms with Crippen LogP contribution in [-0.2, 0) is 4.79 Å². The van der Waals surface area contributed by atoms with Crippen molar-refractivity contribution in [2.24, 2.45) is 0 Å². The summed E-state index contributed by atoms with van der Waals surface area (Å²) >= 11 is 0. The van der Waals surface area contributed by atoms with Crippen molar-refractivity contribution >= 4 is 5.91 Å². The van der Waals surface area contributed by atoms with E-state index < -0.39 is 0 Å². The van der Waals surface area contributed by atoms with E-state index in [1.807, 2.05) is 0 Å². The minimum absolute atomic E-state index is 0.261. The molecule has 1 aliphatic heterocycles. The van der Waals surface area contributed by atoms with E-state index in [1.54, 1.807) is 0 Å². The fourth-order valence-corrected chi connectivity index (χ4v) is 3.09. The summed E-state index contributed by atoms with van der Waals surface area (Å²) in [6, 6.07) is 0.500. The normalized spacial score (nSPS) is 19.1. The van der Waals surface area contributed by atoms with E-state index in [2.05, 4.69) is 23.6 Å². The Morgan fingerprint density at radius 3 is 2.43 bits per heavy atom. The first-order valence-corrected chi connectivity index (χ1v) is 8.85. The Labute approximate surface area is 130 Å². The summed E-state index contributed by atoms with van der Waals surface area (Å²) in [5.74, 6) is 0.299. The van der Waals surface area contributed by atoms with Gasteiger partial charge in [-0.2, -0.15) is 0 Å². The highest BCUT2D eigenvalue weighted by molar-refractivity contribution is 5.78. The molecule has 124 valence electrons. The number of carbonyl (C=O) groups is 1. The summed E-state index contributed by atoms with van der Waals surface area (Å²) in [5, 5.41) is 8.98. The van der Waals surface area contributed by atoms with Crippen molar-refractivity contribution < 1.29 is 9.90 Å². The molecular weight excluding hydrogens is 264 g/mol. The zero-order valence-electron chi connectivity index (χ0n) is 14.0. The van der Waals surface area contributed by atoms with E-state index in [4.69, 9.17) is 5.11 Å². The Hall–Kier alpha value is -0.610. The Kier molecular flexibility index (Phi) is 9.68. The molecule has 0 aromatic rings. The third-order valence-electron chi connectivity index (χ3n) is 4.45. The first-order chi connectivity index (χ1) is 10.2. The van der Waals surface area contributed by atoms with Gasteiger partial charge in [0.2, 0.25) is 5.91 Å². The second-order valence-corrected chi connectivity index (χ2v) is 6.22. The molecule has 0 saturated carbocycles. The van der Waals surface area contributed by atoms with Crippen LogP contribution in [0, 0.1) is 0 Å². The topological polar surface area (TPSA) is 43.8 Å². The van der Waals surface area contributed by atoms with Gasteiger partial charge in [-0.05, 0) is 45.1 Å². The molecule has 1 heterocycles. The third-order valence-corrected chi connectivity index (χ3v) is 4.45. The highest BCUT2D eigenvalue weighted by Crippen LogP contribution is 2.21. The molecule has 0 aliphatic carbocycles. The highest BCUT2D eigenvalue weighted by atomic mass is 16.3. The van der Waals surface area contributed by atoms with Gasteiger partial charge in [0.05, 0.1) is 6.54 Å². The molecular formula is C17H34N2O2. The van der Waals surface area contributed by atoms with Crippen LogP contribution in [-0.4, -0.2) is 59.6 Å². The SMILES string of the molecule is CCCCN(CCCC)C(=O)CN1CCCC1CCCO. The maximum absolute atomic E-state index is 12.6. The molecule has 1 fully saturated rings. The van der Waals surface area contributed by atoms with Crippen LogP contribution in [0.15, 0.2) is 0 Å². The van der Waals surface area contributed by atoms with Gasteiger partial charge in [0.1, 0.15) is 0 Å². The number of aliphatic hydroxyl groups is 1. The lowest BCUT2D eigenvalue weighted by Gasteiger charge is -2.28. The van der Waals surface area contributed by atoms with E-state index in [1.165, 1.54) is 12.8 Å². The Balaban J connectivity index is 2.45. The van der Waals surface area contributed by atoms with E-state index >= 15 is 0 Å². The summed E-state index contributed by atoms with van der Waals surface area (Å²) in [6.45, 7) is 8.04. The number of rotatable bonds is 11. The largest absolute Gasteiger partial charge is 0.396 e. The lowest BCUT2D eigenvalue weighted by molar-refractivity contribution is -0.132. The van der Waals surface area contributed by atoms with Gasteiger partial charge in [-0.3, -0.25) is 9.69 Å². The van der Waals surface area contributed by atoms with Crippen molar-refractivity contribution in [1.29, 1.82) is 0 Å². The van der Waals surface area contributed by atoms with E-state index in [0.29, 0.717) is 18.5 Å². The van der Waals surface area contributed by atoms with Crippen molar-refractivity contribution in [2.45, 2.75) is 71.3 Å². The van der Waals surface area contributed by atoms with Gasteiger partial charge in [-0.15, -0.1) is 0 Å². The average Bonchev–Trinajstić information content (AvgIpc) is 2.92. The minimum atomic E-state index is 0.261. The first-order valence-electron chi connectivity index (χ1n) is 8.85. The molecule has 1 unspecified atom stereocenters. The van der Waals surface area contributed by atoms with Crippen LogP contribution in [0.1, 0.15) is 65.2 Å². The van der Waals surface area contributed by atoms with Crippen LogP contribution in [0.25, 0.3) is 0 Å². The third kappa shape index (κ3) is 6.79. The number of carbonyl (C=O) groups excluding carboxylic acids is 1. The second-order valence-electron chi connectivity index (χ2n) is 6.22. The molecule has 0 spiro atoms. The van der Waals surface area contributed by atoms with Gasteiger partial charge in [0, 0.05) is 25.7 Å². The number of nitrogens with zero attached hydrogens (tertiary/aromatic N) is 2. The smallest absolute Gasteiger partial charge is 0.236 e. The van der Waals surface area contributed by atoms with Crippen LogP contribution in [0.5, 0.6) is 0 Å². The van der Waals surface area contributed by atoms with Crippen LogP contribution >= 0.6 is 0 Å². The molecule has 0 radical (unpaired) electrons. The highest BCUT2D eigenvalue weighted by Gasteiger charge is 2.27. The van der Waals surface area contributed by atoms with Gasteiger partial charge in [-0.25, -0.2) is 0 Å². The monoisotopic (exact) mass is 298 g/mol. The fourth-order valence-electron chi connectivity index (χ4n) is 3.09. The number of likely N-dealkylation sites (tertiary alicyclic amines) is 1. The summed E-state index contributed by atoms with van der Waals surface area (Å²) in [7, 11) is 0. The molecule has 1 amide bonds. The van der Waals surface area contributed by atoms with Crippen molar-refractivity contribution in [2.75, 3.05) is 32.8 Å². The molecule has 0 aromatic heterocycles. The summed E-state index contributed by atoms with van der Waals surface area (Å²) in [6.07, 6.45) is 8.72. The lowest BCUT2D eigenvalue weighted by atomic mass is 10.1. The predicted molar refractivity (Wildman–Crippen MR) is 87.3 cm³/mol. The summed E-state index contributed by atoms with van der Waals surface area (Å²) < 4.78 is 0. The molecule has 1 aliphatic rings. The molecule has 1 saturated heterocycles. The van der Waals surface area contributed by atoms with Crippen LogP contribution in [0.4, 0.5) is 0 Å². The Morgan fingerprint density at radius 1 is 1.19 bits per heavy atom. The van der Waals surface area contributed by atoms with Crippen molar-refractivity contribution in [3.8, 4) is 0 Å². The quantitative estimate of drug-likeness (QED) is 0.638. The Morgan fingerprint density at radius 2 is 1.86 bits per heavy atom. The van der Waals surface area contributed by atoms with E-state index in [9.17, 15) is 4.79 Å². The van der Waals surface area contributed by atoms with Gasteiger partial charge < -0.3 is 10.0 Å². The fraction of sp³-hybridized carbons (Fsp3) is 0.941. The molecule has 0 bridgehead atoms. The van der Waals surface area contributed by atoms with E-state index in [-0.39, 0.29) is 6.61 Å². The van der Waals surface area contributed by atoms with Gasteiger partial charge in [-0.1, -0.05) is 26.7 Å². The molecule has 4 nitrogen and oxygen atoms in total. The van der Waals surface area contributed by atoms with Gasteiger partial charge in [0.15, 0.2) is 0 Å². The second kappa shape index (κ2) is 11.0. The van der Waals surface area contributed by atoms with Gasteiger partial charge >= 0.3 is 0 Å². The zero-order chi connectivity index (χ0) is 15.5. The average molecular weight is 298 g/mol. The molecule has 1 atom stereocenters. The summed E-state index contributed by atoms with van der Waals surface area (Å²) in [4.78, 5) is 17.0. The van der Waals surface area contributed by atoms with Crippen molar-refractivity contribution in [3.63, 3.8) is 0 Å². The standard InChI is InChI=1S/C17H34N2O2/c1-3-5-11-18(12-6-4-2)17(21)15-19-13-7-9-16(19)10-8-14-20/h16,20H,3-15H2,1-2H3. The number of aliphatic hydroxyl groups excluding tert-OH is 1. The summed E-state index contributed by atoms with van der Waals surface area (Å²) in [5.41, 5.74) is 0. The number of amides is 1. The molecule has 1 N–H and O–H groups in total. The van der Waals surface area contributed by atoms with E-state index in [0.717, 1.165) is 58.2 Å². The maximum Gasteiger partial charge on any atom is 0.236 e. The molecule has 1 rings (SSSR count). The number of hydrogen-bond donors (Lipinski definition) is 1. The lowest BCUT2D eigenvalue weighted by Crippen LogP contribution is -2.43. The van der Waals surface area contributed by atoms with Crippen LogP contribution < -0.4 is 0 Å². The number of hydrogen-bond acceptors (Lipinski definition) is 3. The number of unbranched alkanes of at least 4 members (excludes halogenated alkanes) is 2. The van der Waals surface area contributed by atoms with Crippen molar-refractivity contribution in [1.82, 2.24) is 9.80 Å². The van der Waals surface area contributed by atoms with Crippen molar-refractivity contribution in [3.05, 3.63) is 0 Å². The molecule has 21 heavy (non-hydrogen) atoms.